The van der Waals surface area contributed by atoms with Crippen LogP contribution in [0.4, 0.5) is 0 Å². The van der Waals surface area contributed by atoms with Crippen molar-refractivity contribution in [1.82, 2.24) is 10.2 Å². The number of hydrogen-bond donors (Lipinski definition) is 2. The molecule has 0 spiro atoms. The predicted octanol–water partition coefficient (Wildman–Crippen LogP) is 1.15. The molecule has 0 aliphatic heterocycles. The minimum atomic E-state index is -0.542. The van der Waals surface area contributed by atoms with Gasteiger partial charge in [0.15, 0.2) is 0 Å². The SMILES string of the molecule is COC[C@H](O)CN(C)CC(=O)NC1CCCCCCC1. The van der Waals surface area contributed by atoms with Gasteiger partial charge in [-0.15, -0.1) is 0 Å². The fraction of sp³-hybridized carbons (Fsp3) is 0.933. The lowest BCUT2D eigenvalue weighted by Gasteiger charge is -2.24. The van der Waals surface area contributed by atoms with Gasteiger partial charge in [0.2, 0.25) is 5.91 Å². The molecular formula is C15H30N2O3. The third-order valence-electron chi connectivity index (χ3n) is 3.77. The third-order valence-corrected chi connectivity index (χ3v) is 3.77. The fourth-order valence-electron chi connectivity index (χ4n) is 2.79. The largest absolute Gasteiger partial charge is 0.389 e. The molecule has 0 aromatic heterocycles. The number of nitrogens with zero attached hydrogens (tertiary/aromatic N) is 1. The van der Waals surface area contributed by atoms with E-state index in [1.807, 2.05) is 11.9 Å². The van der Waals surface area contributed by atoms with Gasteiger partial charge in [0.25, 0.3) is 0 Å². The average molecular weight is 286 g/mol. The van der Waals surface area contributed by atoms with E-state index in [0.717, 1.165) is 12.8 Å². The number of hydrogen-bond acceptors (Lipinski definition) is 4. The first-order valence-electron chi connectivity index (χ1n) is 7.76. The van der Waals surface area contributed by atoms with E-state index in [1.54, 1.807) is 7.11 Å². The Labute approximate surface area is 122 Å². The molecule has 1 amide bonds. The van der Waals surface area contributed by atoms with Crippen LogP contribution >= 0.6 is 0 Å². The molecule has 0 saturated heterocycles. The van der Waals surface area contributed by atoms with Gasteiger partial charge in [-0.1, -0.05) is 32.1 Å². The highest BCUT2D eigenvalue weighted by Gasteiger charge is 2.16. The van der Waals surface area contributed by atoms with Crippen LogP contribution in [0.15, 0.2) is 0 Å². The van der Waals surface area contributed by atoms with Gasteiger partial charge in [0, 0.05) is 19.7 Å². The Hall–Kier alpha value is -0.650. The minimum Gasteiger partial charge on any atom is -0.389 e. The first-order chi connectivity index (χ1) is 9.61. The molecule has 0 heterocycles. The van der Waals surface area contributed by atoms with Crippen LogP contribution in [0.3, 0.4) is 0 Å². The molecule has 0 bridgehead atoms. The Morgan fingerprint density at radius 1 is 1.30 bits per heavy atom. The Kier molecular flexibility index (Phi) is 8.82. The second-order valence-corrected chi connectivity index (χ2v) is 5.92. The fourth-order valence-corrected chi connectivity index (χ4v) is 2.79. The summed E-state index contributed by atoms with van der Waals surface area (Å²) in [6.45, 7) is 1.08. The quantitative estimate of drug-likeness (QED) is 0.737. The summed E-state index contributed by atoms with van der Waals surface area (Å²) in [5.41, 5.74) is 0. The van der Waals surface area contributed by atoms with Crippen molar-refractivity contribution in [3.8, 4) is 0 Å². The number of rotatable bonds is 7. The van der Waals surface area contributed by atoms with E-state index in [2.05, 4.69) is 5.32 Å². The molecule has 118 valence electrons. The number of aliphatic hydroxyl groups excluding tert-OH is 1. The molecule has 2 N–H and O–H groups in total. The molecule has 1 aliphatic carbocycles. The van der Waals surface area contributed by atoms with Crippen LogP contribution in [0.2, 0.25) is 0 Å². The molecule has 1 aliphatic rings. The summed E-state index contributed by atoms with van der Waals surface area (Å²) < 4.78 is 4.88. The zero-order valence-electron chi connectivity index (χ0n) is 12.9. The van der Waals surface area contributed by atoms with Gasteiger partial charge in [0.05, 0.1) is 19.3 Å². The van der Waals surface area contributed by atoms with Crippen molar-refractivity contribution in [2.75, 3.05) is 33.9 Å². The Balaban J connectivity index is 2.23. The zero-order valence-corrected chi connectivity index (χ0v) is 12.9. The molecular weight excluding hydrogens is 256 g/mol. The lowest BCUT2D eigenvalue weighted by molar-refractivity contribution is -0.123. The molecule has 0 radical (unpaired) electrons. The summed E-state index contributed by atoms with van der Waals surface area (Å²) in [7, 11) is 3.40. The van der Waals surface area contributed by atoms with Crippen molar-refractivity contribution in [1.29, 1.82) is 0 Å². The van der Waals surface area contributed by atoms with E-state index in [-0.39, 0.29) is 5.91 Å². The number of ether oxygens (including phenoxy) is 1. The number of likely N-dealkylation sites (N-methyl/N-ethyl adjacent to an activating group) is 1. The predicted molar refractivity (Wildman–Crippen MR) is 79.6 cm³/mol. The highest BCUT2D eigenvalue weighted by molar-refractivity contribution is 5.78. The molecule has 0 unspecified atom stereocenters. The maximum absolute atomic E-state index is 12.0. The van der Waals surface area contributed by atoms with Crippen molar-refractivity contribution in [3.63, 3.8) is 0 Å². The van der Waals surface area contributed by atoms with Gasteiger partial charge in [-0.2, -0.15) is 0 Å². The van der Waals surface area contributed by atoms with Gasteiger partial charge in [0.1, 0.15) is 0 Å². The number of methoxy groups -OCH3 is 1. The number of amides is 1. The number of aliphatic hydroxyl groups is 1. The van der Waals surface area contributed by atoms with Crippen LogP contribution in [-0.2, 0) is 9.53 Å². The monoisotopic (exact) mass is 286 g/mol. The molecule has 1 saturated carbocycles. The van der Waals surface area contributed by atoms with Crippen LogP contribution in [0, 0.1) is 0 Å². The maximum atomic E-state index is 12.0. The summed E-state index contributed by atoms with van der Waals surface area (Å²) in [6, 6.07) is 0.333. The standard InChI is InChI=1S/C15H30N2O3/c1-17(10-14(18)12-20-2)11-15(19)16-13-8-6-4-3-5-7-9-13/h13-14,18H,3-12H2,1-2H3,(H,16,19)/t14-/m1/s1. The minimum absolute atomic E-state index is 0.0580. The van der Waals surface area contributed by atoms with E-state index in [1.165, 1.54) is 32.1 Å². The number of carbonyl (C=O) groups excluding carboxylic acids is 1. The average Bonchev–Trinajstić information content (AvgIpc) is 2.32. The van der Waals surface area contributed by atoms with E-state index >= 15 is 0 Å². The highest BCUT2D eigenvalue weighted by Crippen LogP contribution is 2.16. The molecule has 5 heteroatoms. The first-order valence-corrected chi connectivity index (χ1v) is 7.76. The summed E-state index contributed by atoms with van der Waals surface area (Å²) in [4.78, 5) is 13.8. The van der Waals surface area contributed by atoms with Gasteiger partial charge in [-0.3, -0.25) is 9.69 Å². The molecule has 0 aromatic rings. The molecule has 0 aromatic carbocycles. The van der Waals surface area contributed by atoms with Crippen molar-refractivity contribution in [2.24, 2.45) is 0 Å². The molecule has 5 nitrogen and oxygen atoms in total. The topological polar surface area (TPSA) is 61.8 Å². The second kappa shape index (κ2) is 10.1. The molecule has 1 rings (SSSR count). The Morgan fingerprint density at radius 2 is 1.90 bits per heavy atom. The normalized spacial score (nSPS) is 19.4. The van der Waals surface area contributed by atoms with E-state index in [4.69, 9.17) is 4.74 Å². The lowest BCUT2D eigenvalue weighted by Crippen LogP contribution is -2.43. The second-order valence-electron chi connectivity index (χ2n) is 5.92. The van der Waals surface area contributed by atoms with Crippen molar-refractivity contribution >= 4 is 5.91 Å². The molecule has 1 fully saturated rings. The summed E-state index contributed by atoms with van der Waals surface area (Å²) >= 11 is 0. The van der Waals surface area contributed by atoms with Gasteiger partial charge >= 0.3 is 0 Å². The van der Waals surface area contributed by atoms with E-state index in [9.17, 15) is 9.90 Å². The molecule has 20 heavy (non-hydrogen) atoms. The lowest BCUT2D eigenvalue weighted by atomic mass is 9.97. The van der Waals surface area contributed by atoms with Crippen LogP contribution in [0.5, 0.6) is 0 Å². The highest BCUT2D eigenvalue weighted by atomic mass is 16.5. The van der Waals surface area contributed by atoms with Crippen LogP contribution in [0.1, 0.15) is 44.9 Å². The maximum Gasteiger partial charge on any atom is 0.234 e. The van der Waals surface area contributed by atoms with Crippen molar-refractivity contribution in [2.45, 2.75) is 57.1 Å². The summed E-state index contributed by atoms with van der Waals surface area (Å²) in [5.74, 6) is 0.0580. The van der Waals surface area contributed by atoms with Crippen LogP contribution < -0.4 is 5.32 Å². The van der Waals surface area contributed by atoms with Crippen molar-refractivity contribution < 1.29 is 14.6 Å². The number of nitrogens with one attached hydrogen (secondary N) is 1. The van der Waals surface area contributed by atoms with E-state index in [0.29, 0.717) is 25.7 Å². The molecule has 1 atom stereocenters. The Morgan fingerprint density at radius 3 is 2.50 bits per heavy atom. The smallest absolute Gasteiger partial charge is 0.234 e. The van der Waals surface area contributed by atoms with Gasteiger partial charge in [-0.05, 0) is 19.9 Å². The third kappa shape index (κ3) is 7.82. The first kappa shape index (κ1) is 17.4. The van der Waals surface area contributed by atoms with Crippen molar-refractivity contribution in [3.05, 3.63) is 0 Å². The van der Waals surface area contributed by atoms with E-state index < -0.39 is 6.10 Å². The summed E-state index contributed by atoms with van der Waals surface area (Å²) in [6.07, 6.45) is 8.00. The Bertz CT molecular complexity index is 266. The summed E-state index contributed by atoms with van der Waals surface area (Å²) in [5, 5.41) is 12.8. The van der Waals surface area contributed by atoms with Crippen LogP contribution in [0.25, 0.3) is 0 Å². The number of carbonyl (C=O) groups is 1. The van der Waals surface area contributed by atoms with Crippen LogP contribution in [-0.4, -0.2) is 61.9 Å². The van der Waals surface area contributed by atoms with Gasteiger partial charge in [-0.25, -0.2) is 0 Å². The van der Waals surface area contributed by atoms with Gasteiger partial charge < -0.3 is 15.2 Å². The zero-order chi connectivity index (χ0) is 14.8.